The molecule has 2 aromatic heterocycles. The molecule has 0 N–H and O–H groups in total. The number of rotatable bonds is 2. The molecule has 1 atom stereocenters. The summed E-state index contributed by atoms with van der Waals surface area (Å²) in [6.45, 7) is 5.82. The summed E-state index contributed by atoms with van der Waals surface area (Å²) in [7, 11) is 0. The Labute approximate surface area is 156 Å². The van der Waals surface area contributed by atoms with E-state index in [0.717, 1.165) is 29.1 Å². The number of amides is 1. The van der Waals surface area contributed by atoms with E-state index < -0.39 is 5.41 Å². The molecule has 1 unspecified atom stereocenters. The minimum Gasteiger partial charge on any atom is -0.281 e. The Morgan fingerprint density at radius 3 is 2.42 bits per heavy atom. The highest BCUT2D eigenvalue weighted by Crippen LogP contribution is 2.50. The Bertz CT molecular complexity index is 931. The van der Waals surface area contributed by atoms with E-state index in [1.54, 1.807) is 17.3 Å². The molecule has 2 aromatic rings. The summed E-state index contributed by atoms with van der Waals surface area (Å²) in [5.74, 6) is 0.864. The van der Waals surface area contributed by atoms with Crippen LogP contribution in [0.25, 0.3) is 5.57 Å². The fourth-order valence-electron chi connectivity index (χ4n) is 3.55. The van der Waals surface area contributed by atoms with Gasteiger partial charge >= 0.3 is 0 Å². The highest BCUT2D eigenvalue weighted by Gasteiger charge is 2.51. The maximum Gasteiger partial charge on any atom is 0.237 e. The molecule has 4 rings (SSSR count). The first-order chi connectivity index (χ1) is 12.4. The normalized spacial score (nSPS) is 21.3. The smallest absolute Gasteiger partial charge is 0.237 e. The molecule has 1 fully saturated rings. The summed E-state index contributed by atoms with van der Waals surface area (Å²) in [5.41, 5.74) is 3.02. The van der Waals surface area contributed by atoms with Crippen LogP contribution in [0.5, 0.6) is 0 Å². The van der Waals surface area contributed by atoms with Crippen molar-refractivity contribution < 1.29 is 4.79 Å². The second-order valence-electron chi connectivity index (χ2n) is 7.11. The number of nitrogens with zero attached hydrogens (tertiary/aromatic N) is 5. The average Bonchev–Trinajstić information content (AvgIpc) is 2.83. The van der Waals surface area contributed by atoms with Crippen LogP contribution in [0.1, 0.15) is 31.7 Å². The topological polar surface area (TPSA) is 71.9 Å². The summed E-state index contributed by atoms with van der Waals surface area (Å²) in [4.78, 5) is 31.4. The van der Waals surface area contributed by atoms with Crippen LogP contribution in [0.3, 0.4) is 0 Å². The third-order valence-electron chi connectivity index (χ3n) is 5.10. The van der Waals surface area contributed by atoms with E-state index in [1.807, 2.05) is 39.2 Å². The number of hydrogen-bond donors (Lipinski definition) is 0. The monoisotopic (exact) mass is 367 g/mol. The number of hydrogen-bond acceptors (Lipinski definition) is 5. The predicted octanol–water partition coefficient (Wildman–Crippen LogP) is 3.59. The van der Waals surface area contributed by atoms with Crippen molar-refractivity contribution in [3.63, 3.8) is 0 Å². The van der Waals surface area contributed by atoms with E-state index in [2.05, 4.69) is 26.0 Å². The van der Waals surface area contributed by atoms with Crippen LogP contribution in [0.2, 0.25) is 5.28 Å². The Morgan fingerprint density at radius 2 is 1.77 bits per heavy atom. The van der Waals surface area contributed by atoms with E-state index >= 15 is 0 Å². The molecule has 132 valence electrons. The van der Waals surface area contributed by atoms with Crippen LogP contribution < -0.4 is 4.90 Å². The Hall–Kier alpha value is -2.60. The van der Waals surface area contributed by atoms with Crippen molar-refractivity contribution in [3.8, 4) is 0 Å². The zero-order valence-electron chi connectivity index (χ0n) is 14.8. The van der Waals surface area contributed by atoms with Crippen molar-refractivity contribution >= 4 is 28.8 Å². The zero-order valence-corrected chi connectivity index (χ0v) is 15.5. The van der Waals surface area contributed by atoms with Crippen molar-refractivity contribution in [2.45, 2.75) is 27.2 Å². The Morgan fingerprint density at radius 1 is 1.12 bits per heavy atom. The molecule has 3 heterocycles. The number of aryl methyl sites for hydroxylation is 1. The van der Waals surface area contributed by atoms with Gasteiger partial charge in [-0.15, -0.1) is 0 Å². The summed E-state index contributed by atoms with van der Waals surface area (Å²) in [6, 6.07) is 0. The lowest BCUT2D eigenvalue weighted by molar-refractivity contribution is -0.125. The maximum absolute atomic E-state index is 13.1. The van der Waals surface area contributed by atoms with Crippen molar-refractivity contribution in [1.82, 2.24) is 19.9 Å². The van der Waals surface area contributed by atoms with Gasteiger partial charge in [-0.05, 0) is 36.6 Å². The molecule has 1 aliphatic heterocycles. The number of carbonyl (C=O) groups is 1. The van der Waals surface area contributed by atoms with Gasteiger partial charge < -0.3 is 0 Å². The van der Waals surface area contributed by atoms with Gasteiger partial charge in [-0.2, -0.15) is 0 Å². The highest BCUT2D eigenvalue weighted by atomic mass is 35.5. The van der Waals surface area contributed by atoms with Crippen LogP contribution in [0.15, 0.2) is 42.6 Å². The van der Waals surface area contributed by atoms with Gasteiger partial charge in [-0.1, -0.05) is 19.9 Å². The van der Waals surface area contributed by atoms with Gasteiger partial charge in [0.25, 0.3) is 0 Å². The van der Waals surface area contributed by atoms with E-state index in [0.29, 0.717) is 5.69 Å². The molecular weight excluding hydrogens is 350 g/mol. The van der Waals surface area contributed by atoms with Gasteiger partial charge in [0.1, 0.15) is 5.82 Å². The Kier molecular flexibility index (Phi) is 3.88. The molecule has 7 heteroatoms. The second-order valence-corrected chi connectivity index (χ2v) is 7.45. The lowest BCUT2D eigenvalue weighted by Crippen LogP contribution is -2.31. The first-order valence-electron chi connectivity index (χ1n) is 8.41. The van der Waals surface area contributed by atoms with Gasteiger partial charge in [-0.3, -0.25) is 9.69 Å². The minimum atomic E-state index is -0.503. The average molecular weight is 368 g/mol. The number of carbonyl (C=O) groups excluding carboxylic acids is 1. The van der Waals surface area contributed by atoms with Gasteiger partial charge in [0.15, 0.2) is 0 Å². The van der Waals surface area contributed by atoms with E-state index in [-0.39, 0.29) is 17.1 Å². The van der Waals surface area contributed by atoms with E-state index in [1.165, 1.54) is 0 Å². The van der Waals surface area contributed by atoms with Crippen LogP contribution in [0.4, 0.5) is 5.69 Å². The summed E-state index contributed by atoms with van der Waals surface area (Å²) >= 11 is 5.80. The molecule has 1 saturated heterocycles. The zero-order chi connectivity index (χ0) is 18.5. The van der Waals surface area contributed by atoms with Crippen molar-refractivity contribution in [2.75, 3.05) is 4.90 Å². The molecule has 1 aliphatic carbocycles. The molecular formula is C19H18ClN5O. The van der Waals surface area contributed by atoms with Gasteiger partial charge in [0.2, 0.25) is 11.2 Å². The lowest BCUT2D eigenvalue weighted by atomic mass is 9.75. The SMILES string of the molecule is Cc1ncc(C2=CCC3C(=C2)N(c2cnc(Cl)nc2)C(=O)C3(C)C)cn1. The van der Waals surface area contributed by atoms with Crippen LogP contribution in [-0.4, -0.2) is 25.8 Å². The third kappa shape index (κ3) is 2.61. The summed E-state index contributed by atoms with van der Waals surface area (Å²) in [5, 5.41) is 0.159. The van der Waals surface area contributed by atoms with Crippen molar-refractivity contribution in [1.29, 1.82) is 0 Å². The molecule has 2 aliphatic rings. The third-order valence-corrected chi connectivity index (χ3v) is 5.29. The molecule has 6 nitrogen and oxygen atoms in total. The number of aromatic nitrogens is 4. The molecule has 0 radical (unpaired) electrons. The number of anilines is 1. The standard InChI is InChI=1S/C19H18ClN5O/c1-11-21-7-13(8-22-11)12-4-5-15-16(6-12)25(17(26)19(15,2)3)14-9-23-18(20)24-10-14/h4,6-10,15H,5H2,1-3H3. The van der Waals surface area contributed by atoms with Gasteiger partial charge in [0, 0.05) is 29.6 Å². The van der Waals surface area contributed by atoms with Gasteiger partial charge in [0.05, 0.1) is 23.5 Å². The van der Waals surface area contributed by atoms with E-state index in [4.69, 9.17) is 11.6 Å². The quantitative estimate of drug-likeness (QED) is 0.758. The van der Waals surface area contributed by atoms with Gasteiger partial charge in [-0.25, -0.2) is 19.9 Å². The molecule has 1 amide bonds. The van der Waals surface area contributed by atoms with Crippen LogP contribution >= 0.6 is 11.6 Å². The van der Waals surface area contributed by atoms with Crippen LogP contribution in [-0.2, 0) is 4.79 Å². The first kappa shape index (κ1) is 16.8. The van der Waals surface area contributed by atoms with E-state index in [9.17, 15) is 4.79 Å². The molecule has 0 saturated carbocycles. The Balaban J connectivity index is 1.79. The summed E-state index contributed by atoms with van der Waals surface area (Å²) in [6.07, 6.45) is 11.8. The lowest BCUT2D eigenvalue weighted by Gasteiger charge is -2.26. The molecule has 0 aromatic carbocycles. The highest BCUT2D eigenvalue weighted by molar-refractivity contribution is 6.28. The van der Waals surface area contributed by atoms with Crippen molar-refractivity contribution in [3.05, 3.63) is 59.3 Å². The minimum absolute atomic E-state index is 0.0366. The maximum atomic E-state index is 13.1. The number of allylic oxidation sites excluding steroid dienone is 4. The van der Waals surface area contributed by atoms with Crippen LogP contribution in [0, 0.1) is 18.3 Å². The van der Waals surface area contributed by atoms with Crippen molar-refractivity contribution in [2.24, 2.45) is 11.3 Å². The number of halogens is 1. The first-order valence-corrected chi connectivity index (χ1v) is 8.78. The molecule has 0 spiro atoms. The predicted molar refractivity (Wildman–Crippen MR) is 99.2 cm³/mol. The largest absolute Gasteiger partial charge is 0.281 e. The summed E-state index contributed by atoms with van der Waals surface area (Å²) < 4.78 is 0. The fraction of sp³-hybridized carbons (Fsp3) is 0.316. The second kappa shape index (κ2) is 5.99. The molecule has 0 bridgehead atoms. The number of fused-ring (bicyclic) bond motifs is 1. The molecule has 26 heavy (non-hydrogen) atoms. The fourth-order valence-corrected chi connectivity index (χ4v) is 3.65.